The highest BCUT2D eigenvalue weighted by Crippen LogP contribution is 2.37. The summed E-state index contributed by atoms with van der Waals surface area (Å²) in [7, 11) is -1.77. The Labute approximate surface area is 89.8 Å². The number of aliphatic hydroxyl groups is 1. The lowest BCUT2D eigenvalue weighted by molar-refractivity contribution is -0.0349. The Morgan fingerprint density at radius 1 is 1.29 bits per heavy atom. The minimum atomic E-state index is -1.77. The number of unbranched alkanes of at least 4 members (excludes halogenated alkanes) is 1. The molecule has 1 atom stereocenters. The number of hydrogen-bond acceptors (Lipinski definition) is 2. The standard InChI is InChI=1S/C11H26O2Si/c1-7-8-9-10(12)13-14(5,6)11(2,3)4/h10,12H,7-9H2,1-6H3. The van der Waals surface area contributed by atoms with Crippen molar-refractivity contribution in [2.45, 2.75) is 71.4 Å². The van der Waals surface area contributed by atoms with Crippen LogP contribution < -0.4 is 0 Å². The largest absolute Gasteiger partial charge is 0.392 e. The highest BCUT2D eigenvalue weighted by atomic mass is 28.4. The normalized spacial score (nSPS) is 15.6. The van der Waals surface area contributed by atoms with E-state index in [2.05, 4.69) is 40.8 Å². The smallest absolute Gasteiger partial charge is 0.195 e. The van der Waals surface area contributed by atoms with Crippen molar-refractivity contribution in [3.05, 3.63) is 0 Å². The summed E-state index contributed by atoms with van der Waals surface area (Å²) >= 11 is 0. The maximum atomic E-state index is 9.69. The van der Waals surface area contributed by atoms with Gasteiger partial charge in [-0.3, -0.25) is 0 Å². The average Bonchev–Trinajstić information content (AvgIpc) is 1.97. The van der Waals surface area contributed by atoms with Crippen molar-refractivity contribution in [1.29, 1.82) is 0 Å². The summed E-state index contributed by atoms with van der Waals surface area (Å²) in [6.07, 6.45) is 2.35. The first kappa shape index (κ1) is 14.1. The number of rotatable bonds is 5. The van der Waals surface area contributed by atoms with E-state index in [0.717, 1.165) is 19.3 Å². The molecular formula is C11H26O2Si. The second kappa shape index (κ2) is 5.28. The molecule has 0 aromatic heterocycles. The van der Waals surface area contributed by atoms with Crippen molar-refractivity contribution >= 4 is 8.32 Å². The maximum absolute atomic E-state index is 9.69. The lowest BCUT2D eigenvalue weighted by Gasteiger charge is -2.37. The molecule has 2 nitrogen and oxygen atoms in total. The van der Waals surface area contributed by atoms with E-state index in [1.54, 1.807) is 0 Å². The van der Waals surface area contributed by atoms with Crippen LogP contribution in [0.1, 0.15) is 47.0 Å². The molecule has 0 rings (SSSR count). The van der Waals surface area contributed by atoms with Crippen LogP contribution in [0.2, 0.25) is 18.1 Å². The van der Waals surface area contributed by atoms with Crippen molar-refractivity contribution < 1.29 is 9.53 Å². The van der Waals surface area contributed by atoms with Crippen molar-refractivity contribution in [3.63, 3.8) is 0 Å². The van der Waals surface area contributed by atoms with Gasteiger partial charge in [-0.2, -0.15) is 0 Å². The molecule has 0 aliphatic heterocycles. The zero-order valence-electron chi connectivity index (χ0n) is 10.6. The first-order valence-electron chi connectivity index (χ1n) is 5.56. The van der Waals surface area contributed by atoms with E-state index >= 15 is 0 Å². The molecule has 0 fully saturated rings. The average molecular weight is 218 g/mol. The molecular weight excluding hydrogens is 192 g/mol. The summed E-state index contributed by atoms with van der Waals surface area (Å²) in [5, 5.41) is 9.87. The van der Waals surface area contributed by atoms with E-state index in [9.17, 15) is 5.11 Å². The molecule has 0 aliphatic rings. The summed E-state index contributed by atoms with van der Waals surface area (Å²) in [4.78, 5) is 0. The molecule has 1 unspecified atom stereocenters. The molecule has 0 heterocycles. The molecule has 0 saturated carbocycles. The van der Waals surface area contributed by atoms with Gasteiger partial charge in [-0.15, -0.1) is 0 Å². The minimum Gasteiger partial charge on any atom is -0.392 e. The molecule has 0 spiro atoms. The van der Waals surface area contributed by atoms with Crippen LogP contribution in [-0.2, 0) is 4.43 Å². The molecule has 1 N–H and O–H groups in total. The zero-order chi connectivity index (χ0) is 11.4. The molecule has 14 heavy (non-hydrogen) atoms. The lowest BCUT2D eigenvalue weighted by atomic mass is 10.2. The van der Waals surface area contributed by atoms with Crippen molar-refractivity contribution in [1.82, 2.24) is 0 Å². The third-order valence-corrected chi connectivity index (χ3v) is 7.52. The van der Waals surface area contributed by atoms with Crippen LogP contribution in [0.4, 0.5) is 0 Å². The Morgan fingerprint density at radius 3 is 2.14 bits per heavy atom. The van der Waals surface area contributed by atoms with E-state index in [0.29, 0.717) is 0 Å². The van der Waals surface area contributed by atoms with Crippen LogP contribution in [0.25, 0.3) is 0 Å². The first-order chi connectivity index (χ1) is 6.20. The number of aliphatic hydroxyl groups excluding tert-OH is 1. The molecule has 3 heteroatoms. The fourth-order valence-corrected chi connectivity index (χ4v) is 2.11. The monoisotopic (exact) mass is 218 g/mol. The summed E-state index contributed by atoms with van der Waals surface area (Å²) in [5.74, 6) is 0. The first-order valence-corrected chi connectivity index (χ1v) is 8.47. The third-order valence-electron chi connectivity index (χ3n) is 3.04. The predicted molar refractivity (Wildman–Crippen MR) is 63.8 cm³/mol. The second-order valence-electron chi connectivity index (χ2n) is 5.48. The molecule has 0 aliphatic carbocycles. The summed E-state index contributed by atoms with van der Waals surface area (Å²) < 4.78 is 5.80. The summed E-state index contributed by atoms with van der Waals surface area (Å²) in [6, 6.07) is 0. The van der Waals surface area contributed by atoms with Gasteiger partial charge in [0.25, 0.3) is 0 Å². The Bertz CT molecular complexity index is 161. The van der Waals surface area contributed by atoms with E-state index in [1.807, 2.05) is 0 Å². The van der Waals surface area contributed by atoms with Crippen LogP contribution in [-0.4, -0.2) is 19.7 Å². The predicted octanol–water partition coefficient (Wildman–Crippen LogP) is 3.52. The van der Waals surface area contributed by atoms with E-state index < -0.39 is 14.6 Å². The van der Waals surface area contributed by atoms with Crippen molar-refractivity contribution in [2.24, 2.45) is 0 Å². The van der Waals surface area contributed by atoms with E-state index in [1.165, 1.54) is 0 Å². The summed E-state index contributed by atoms with van der Waals surface area (Å²) in [6.45, 7) is 13.0. The lowest BCUT2D eigenvalue weighted by Crippen LogP contribution is -2.43. The van der Waals surface area contributed by atoms with Gasteiger partial charge < -0.3 is 9.53 Å². The molecule has 0 bridgehead atoms. The molecule has 0 radical (unpaired) electrons. The Hall–Kier alpha value is 0.137. The van der Waals surface area contributed by atoms with Gasteiger partial charge >= 0.3 is 0 Å². The molecule has 0 amide bonds. The topological polar surface area (TPSA) is 29.5 Å². The van der Waals surface area contributed by atoms with Crippen LogP contribution in [0.15, 0.2) is 0 Å². The van der Waals surface area contributed by atoms with Gasteiger partial charge in [0, 0.05) is 0 Å². The third kappa shape index (κ3) is 4.58. The highest BCUT2D eigenvalue weighted by Gasteiger charge is 2.38. The SMILES string of the molecule is CCCCC(O)O[Si](C)(C)C(C)(C)C. The highest BCUT2D eigenvalue weighted by molar-refractivity contribution is 6.74. The maximum Gasteiger partial charge on any atom is 0.195 e. The fourth-order valence-electron chi connectivity index (χ4n) is 0.955. The van der Waals surface area contributed by atoms with Crippen LogP contribution in [0, 0.1) is 0 Å². The Kier molecular flexibility index (Phi) is 5.34. The molecule has 86 valence electrons. The van der Waals surface area contributed by atoms with Gasteiger partial charge in [0.15, 0.2) is 8.32 Å². The molecule has 0 aromatic carbocycles. The van der Waals surface area contributed by atoms with Gasteiger partial charge in [0.2, 0.25) is 0 Å². The van der Waals surface area contributed by atoms with Gasteiger partial charge in [0.1, 0.15) is 6.29 Å². The van der Waals surface area contributed by atoms with Crippen LogP contribution in [0.5, 0.6) is 0 Å². The van der Waals surface area contributed by atoms with Gasteiger partial charge in [-0.05, 0) is 31.0 Å². The number of hydrogen-bond donors (Lipinski definition) is 1. The van der Waals surface area contributed by atoms with Gasteiger partial charge in [0.05, 0.1) is 0 Å². The van der Waals surface area contributed by atoms with E-state index in [-0.39, 0.29) is 5.04 Å². The minimum absolute atomic E-state index is 0.181. The van der Waals surface area contributed by atoms with Gasteiger partial charge in [-0.25, -0.2) is 0 Å². The molecule has 0 saturated heterocycles. The van der Waals surface area contributed by atoms with Gasteiger partial charge in [-0.1, -0.05) is 34.1 Å². The van der Waals surface area contributed by atoms with E-state index in [4.69, 9.17) is 4.43 Å². The Morgan fingerprint density at radius 2 is 1.79 bits per heavy atom. The van der Waals surface area contributed by atoms with Crippen molar-refractivity contribution in [3.8, 4) is 0 Å². The Balaban J connectivity index is 4.08. The molecule has 0 aromatic rings. The zero-order valence-corrected chi connectivity index (χ0v) is 11.6. The quantitative estimate of drug-likeness (QED) is 0.565. The van der Waals surface area contributed by atoms with Crippen LogP contribution in [0.3, 0.4) is 0 Å². The van der Waals surface area contributed by atoms with Crippen molar-refractivity contribution in [2.75, 3.05) is 0 Å². The summed E-state index contributed by atoms with van der Waals surface area (Å²) in [5.41, 5.74) is 0. The fraction of sp³-hybridized carbons (Fsp3) is 1.00. The van der Waals surface area contributed by atoms with Crippen LogP contribution >= 0.6 is 0 Å². The second-order valence-corrected chi connectivity index (χ2v) is 10.2.